The van der Waals surface area contributed by atoms with Crippen LogP contribution in [0.2, 0.25) is 0 Å². The maximum Gasteiger partial charge on any atom is 0.273 e. The van der Waals surface area contributed by atoms with Gasteiger partial charge in [0.25, 0.3) is 11.6 Å². The van der Waals surface area contributed by atoms with Crippen LogP contribution in [-0.2, 0) is 0 Å². The van der Waals surface area contributed by atoms with Gasteiger partial charge in [-0.05, 0) is 19.5 Å². The number of nitro benzene ring substituents is 1. The molecule has 6 nitrogen and oxygen atoms in total. The first-order valence-electron chi connectivity index (χ1n) is 5.93. The van der Waals surface area contributed by atoms with Crippen molar-refractivity contribution in [3.8, 4) is 0 Å². The van der Waals surface area contributed by atoms with Crippen LogP contribution in [0.25, 0.3) is 0 Å². The normalized spacial score (nSPS) is 18.6. The number of nitrogens with zero attached hydrogens (tertiary/aromatic N) is 2. The van der Waals surface area contributed by atoms with Crippen LogP contribution >= 0.6 is 0 Å². The second kappa shape index (κ2) is 5.31. The fourth-order valence-corrected chi connectivity index (χ4v) is 2.17. The summed E-state index contributed by atoms with van der Waals surface area (Å²) in [6.07, 6.45) is 0.819. The summed E-state index contributed by atoms with van der Waals surface area (Å²) in [4.78, 5) is 23.7. The van der Waals surface area contributed by atoms with Crippen molar-refractivity contribution in [1.82, 2.24) is 10.2 Å². The van der Waals surface area contributed by atoms with E-state index < -0.39 is 16.4 Å². The van der Waals surface area contributed by atoms with Crippen molar-refractivity contribution in [3.63, 3.8) is 0 Å². The number of carbonyl (C=O) groups excluding carboxylic acids is 1. The summed E-state index contributed by atoms with van der Waals surface area (Å²) in [7, 11) is 1.81. The van der Waals surface area contributed by atoms with Crippen LogP contribution in [0.3, 0.4) is 0 Å². The topological polar surface area (TPSA) is 75.5 Å². The van der Waals surface area contributed by atoms with Crippen molar-refractivity contribution in [2.45, 2.75) is 12.5 Å². The highest BCUT2D eigenvalue weighted by Crippen LogP contribution is 2.19. The number of nitro groups is 1. The lowest BCUT2D eigenvalue weighted by atomic mass is 10.1. The Kier molecular flexibility index (Phi) is 3.75. The average Bonchev–Trinajstić information content (AvgIpc) is 2.85. The van der Waals surface area contributed by atoms with Crippen LogP contribution in [0.4, 0.5) is 10.1 Å². The van der Waals surface area contributed by atoms with E-state index in [1.54, 1.807) is 4.90 Å². The summed E-state index contributed by atoms with van der Waals surface area (Å²) in [5.41, 5.74) is -0.392. The molecule has 1 aromatic carbocycles. The van der Waals surface area contributed by atoms with Crippen LogP contribution in [0.1, 0.15) is 16.8 Å². The van der Waals surface area contributed by atoms with Crippen LogP contribution in [0.5, 0.6) is 0 Å². The molecule has 2 rings (SSSR count). The van der Waals surface area contributed by atoms with E-state index in [0.29, 0.717) is 13.1 Å². The molecule has 1 N–H and O–H groups in total. The molecule has 0 radical (unpaired) electrons. The highest BCUT2D eigenvalue weighted by molar-refractivity contribution is 5.95. The third-order valence-corrected chi connectivity index (χ3v) is 3.22. The highest BCUT2D eigenvalue weighted by Gasteiger charge is 2.27. The number of rotatable bonds is 3. The van der Waals surface area contributed by atoms with Gasteiger partial charge in [0, 0.05) is 30.8 Å². The van der Waals surface area contributed by atoms with Gasteiger partial charge in [-0.1, -0.05) is 0 Å². The van der Waals surface area contributed by atoms with Gasteiger partial charge in [-0.15, -0.1) is 0 Å². The van der Waals surface area contributed by atoms with Gasteiger partial charge in [0.05, 0.1) is 11.0 Å². The van der Waals surface area contributed by atoms with Crippen molar-refractivity contribution >= 4 is 11.6 Å². The Balaban J connectivity index is 2.22. The highest BCUT2D eigenvalue weighted by atomic mass is 19.1. The maximum atomic E-state index is 13.3. The molecule has 1 aliphatic rings. The van der Waals surface area contributed by atoms with E-state index in [-0.39, 0.29) is 17.5 Å². The van der Waals surface area contributed by atoms with Crippen LogP contribution < -0.4 is 5.32 Å². The molecule has 1 heterocycles. The van der Waals surface area contributed by atoms with Gasteiger partial charge in [0.1, 0.15) is 5.82 Å². The van der Waals surface area contributed by atoms with Crippen LogP contribution in [0, 0.1) is 15.9 Å². The van der Waals surface area contributed by atoms with Crippen LogP contribution in [0.15, 0.2) is 18.2 Å². The minimum Gasteiger partial charge on any atom is -0.337 e. The number of benzene rings is 1. The minimum atomic E-state index is -0.776. The summed E-state index contributed by atoms with van der Waals surface area (Å²) in [5.74, 6) is -1.15. The molecule has 1 atom stereocenters. The van der Waals surface area contributed by atoms with E-state index in [9.17, 15) is 19.3 Å². The SMILES string of the molecule is CNC1CCN(C(=O)c2cc(F)cc([N+](=O)[O-])c2)C1. The van der Waals surface area contributed by atoms with Crippen molar-refractivity contribution in [2.75, 3.05) is 20.1 Å². The standard InChI is InChI=1S/C12H14FN3O3/c1-14-10-2-3-15(7-10)12(17)8-4-9(13)6-11(5-8)16(18)19/h4-6,10,14H,2-3,7H2,1H3. The zero-order valence-electron chi connectivity index (χ0n) is 10.4. The number of non-ortho nitro benzene ring substituents is 1. The summed E-state index contributed by atoms with van der Waals surface area (Å²) < 4.78 is 13.3. The summed E-state index contributed by atoms with van der Waals surface area (Å²) in [6.45, 7) is 1.09. The predicted molar refractivity (Wildman–Crippen MR) is 66.4 cm³/mol. The second-order valence-corrected chi connectivity index (χ2v) is 4.48. The lowest BCUT2D eigenvalue weighted by molar-refractivity contribution is -0.385. The van der Waals surface area contributed by atoms with Gasteiger partial charge in [-0.2, -0.15) is 0 Å². The smallest absolute Gasteiger partial charge is 0.273 e. The second-order valence-electron chi connectivity index (χ2n) is 4.48. The number of hydrogen-bond acceptors (Lipinski definition) is 4. The van der Waals surface area contributed by atoms with Crippen LogP contribution in [-0.4, -0.2) is 41.9 Å². The first-order valence-corrected chi connectivity index (χ1v) is 5.93. The third kappa shape index (κ3) is 2.87. The number of nitrogens with one attached hydrogen (secondary N) is 1. The molecule has 7 heteroatoms. The van der Waals surface area contributed by atoms with Gasteiger partial charge >= 0.3 is 0 Å². The first-order chi connectivity index (χ1) is 9.01. The molecule has 1 aliphatic heterocycles. The summed E-state index contributed by atoms with van der Waals surface area (Å²) >= 11 is 0. The van der Waals surface area contributed by atoms with Gasteiger partial charge in [-0.25, -0.2) is 4.39 Å². The Bertz CT molecular complexity index is 521. The molecular weight excluding hydrogens is 253 g/mol. The molecule has 0 aliphatic carbocycles. The molecule has 1 amide bonds. The molecule has 19 heavy (non-hydrogen) atoms. The molecule has 1 saturated heterocycles. The molecule has 0 saturated carbocycles. The van der Waals surface area contributed by atoms with Gasteiger partial charge in [-0.3, -0.25) is 14.9 Å². The minimum absolute atomic E-state index is 0.0171. The average molecular weight is 267 g/mol. The molecule has 1 fully saturated rings. The van der Waals surface area contributed by atoms with E-state index >= 15 is 0 Å². The molecular formula is C12H14FN3O3. The summed E-state index contributed by atoms with van der Waals surface area (Å²) in [5, 5.41) is 13.7. The zero-order chi connectivity index (χ0) is 14.0. The van der Waals surface area contributed by atoms with Crippen molar-refractivity contribution < 1.29 is 14.1 Å². The number of hydrogen-bond donors (Lipinski definition) is 1. The fourth-order valence-electron chi connectivity index (χ4n) is 2.17. The number of likely N-dealkylation sites (N-methyl/N-ethyl adjacent to an activating group) is 1. The van der Waals surface area contributed by atoms with E-state index in [1.165, 1.54) is 0 Å². The third-order valence-electron chi connectivity index (χ3n) is 3.22. The first kappa shape index (κ1) is 13.4. The van der Waals surface area contributed by atoms with E-state index in [1.807, 2.05) is 7.05 Å². The zero-order valence-corrected chi connectivity index (χ0v) is 10.4. The van der Waals surface area contributed by atoms with E-state index in [0.717, 1.165) is 24.6 Å². The molecule has 1 aromatic rings. The largest absolute Gasteiger partial charge is 0.337 e. The Morgan fingerprint density at radius 2 is 2.26 bits per heavy atom. The quantitative estimate of drug-likeness (QED) is 0.659. The van der Waals surface area contributed by atoms with Gasteiger partial charge in [0.15, 0.2) is 0 Å². The Morgan fingerprint density at radius 3 is 2.84 bits per heavy atom. The van der Waals surface area contributed by atoms with Gasteiger partial charge < -0.3 is 10.2 Å². The summed E-state index contributed by atoms with van der Waals surface area (Å²) in [6, 6.07) is 3.16. The molecule has 102 valence electrons. The maximum absolute atomic E-state index is 13.3. The predicted octanol–water partition coefficient (Wildman–Crippen LogP) is 1.17. The fraction of sp³-hybridized carbons (Fsp3) is 0.417. The molecule has 1 unspecified atom stereocenters. The number of halogens is 1. The number of carbonyl (C=O) groups is 1. The van der Waals surface area contributed by atoms with E-state index in [4.69, 9.17) is 0 Å². The lowest BCUT2D eigenvalue weighted by Gasteiger charge is -2.16. The van der Waals surface area contributed by atoms with Crippen molar-refractivity contribution in [1.29, 1.82) is 0 Å². The lowest BCUT2D eigenvalue weighted by Crippen LogP contribution is -2.33. The number of amides is 1. The van der Waals surface area contributed by atoms with Gasteiger partial charge in [0.2, 0.25) is 0 Å². The van der Waals surface area contributed by atoms with E-state index in [2.05, 4.69) is 5.32 Å². The monoisotopic (exact) mass is 267 g/mol. The molecule has 0 aromatic heterocycles. The molecule has 0 bridgehead atoms. The Morgan fingerprint density at radius 1 is 1.53 bits per heavy atom. The molecule has 0 spiro atoms. The Labute approximate surface area is 109 Å². The van der Waals surface area contributed by atoms with Crippen molar-refractivity contribution in [3.05, 3.63) is 39.7 Å². The number of likely N-dealkylation sites (tertiary alicyclic amines) is 1. The van der Waals surface area contributed by atoms with Crippen molar-refractivity contribution in [2.24, 2.45) is 0 Å². The Hall–Kier alpha value is -2.02.